The summed E-state index contributed by atoms with van der Waals surface area (Å²) in [5.41, 5.74) is 0.335. The van der Waals surface area contributed by atoms with E-state index >= 15 is 0 Å². The molecule has 0 bridgehead atoms. The van der Waals surface area contributed by atoms with Crippen molar-refractivity contribution in [2.75, 3.05) is 12.9 Å². The van der Waals surface area contributed by atoms with Crippen LogP contribution in [0.3, 0.4) is 0 Å². The van der Waals surface area contributed by atoms with E-state index < -0.39 is 5.54 Å². The zero-order valence-electron chi connectivity index (χ0n) is 12.2. The molecular weight excluding hydrogens is 274 g/mol. The molecular formula is C14H21N3O2S. The van der Waals surface area contributed by atoms with Crippen LogP contribution in [0, 0.1) is 6.92 Å². The first kappa shape index (κ1) is 15.3. The molecule has 1 fully saturated rings. The van der Waals surface area contributed by atoms with Crippen LogP contribution >= 0.6 is 11.8 Å². The van der Waals surface area contributed by atoms with Crippen LogP contribution in [0.1, 0.15) is 31.9 Å². The van der Waals surface area contributed by atoms with Gasteiger partial charge < -0.3 is 4.74 Å². The number of thioether (sulfide) groups is 1. The Morgan fingerprint density at radius 1 is 1.60 bits per heavy atom. The van der Waals surface area contributed by atoms with Crippen molar-refractivity contribution >= 4 is 17.7 Å². The first-order valence-corrected chi connectivity index (χ1v) is 7.80. The smallest absolute Gasteiger partial charge is 0.325 e. The molecule has 1 aromatic heterocycles. The van der Waals surface area contributed by atoms with Crippen LogP contribution in [-0.4, -0.2) is 40.4 Å². The Kier molecular flexibility index (Phi) is 4.99. The molecule has 2 rings (SSSR count). The van der Waals surface area contributed by atoms with E-state index in [2.05, 4.69) is 15.3 Å². The van der Waals surface area contributed by atoms with Crippen LogP contribution < -0.4 is 5.32 Å². The Bertz CT molecular complexity index is 479. The second-order valence-corrected chi connectivity index (χ2v) is 6.38. The summed E-state index contributed by atoms with van der Waals surface area (Å²) in [5, 5.41) is 4.14. The summed E-state index contributed by atoms with van der Waals surface area (Å²) >= 11 is 1.57. The summed E-state index contributed by atoms with van der Waals surface area (Å²) in [6.07, 6.45) is 4.73. The molecule has 0 aromatic carbocycles. The SMILES string of the molecule is COC(=O)C(C)(CCSc1nccc(C)n1)NC1CC1. The molecule has 1 heterocycles. The van der Waals surface area contributed by atoms with Gasteiger partial charge in [0.05, 0.1) is 7.11 Å². The maximum atomic E-state index is 12.0. The minimum atomic E-state index is -0.618. The molecule has 6 heteroatoms. The van der Waals surface area contributed by atoms with E-state index in [9.17, 15) is 4.79 Å². The van der Waals surface area contributed by atoms with Gasteiger partial charge in [-0.2, -0.15) is 0 Å². The largest absolute Gasteiger partial charge is 0.468 e. The zero-order chi connectivity index (χ0) is 14.6. The van der Waals surface area contributed by atoms with E-state index in [-0.39, 0.29) is 5.97 Å². The Hall–Kier alpha value is -1.14. The van der Waals surface area contributed by atoms with Crippen LogP contribution in [0.5, 0.6) is 0 Å². The first-order valence-electron chi connectivity index (χ1n) is 6.82. The lowest BCUT2D eigenvalue weighted by molar-refractivity contribution is -0.148. The second-order valence-electron chi connectivity index (χ2n) is 5.32. The molecule has 1 unspecified atom stereocenters. The highest BCUT2D eigenvalue weighted by Gasteiger charge is 2.38. The van der Waals surface area contributed by atoms with Gasteiger partial charge in [-0.15, -0.1) is 0 Å². The van der Waals surface area contributed by atoms with Crippen molar-refractivity contribution in [3.05, 3.63) is 18.0 Å². The van der Waals surface area contributed by atoms with Crippen molar-refractivity contribution in [1.29, 1.82) is 0 Å². The summed E-state index contributed by atoms with van der Waals surface area (Å²) in [4.78, 5) is 20.5. The lowest BCUT2D eigenvalue weighted by atomic mass is 9.99. The summed E-state index contributed by atoms with van der Waals surface area (Å²) in [5.74, 6) is 0.574. The average Bonchev–Trinajstić information content (AvgIpc) is 3.21. The maximum absolute atomic E-state index is 12.0. The number of esters is 1. The van der Waals surface area contributed by atoms with E-state index in [0.717, 1.165) is 29.4 Å². The van der Waals surface area contributed by atoms with Crippen LogP contribution in [0.2, 0.25) is 0 Å². The molecule has 5 nitrogen and oxygen atoms in total. The number of methoxy groups -OCH3 is 1. The number of nitrogens with zero attached hydrogens (tertiary/aromatic N) is 2. The van der Waals surface area contributed by atoms with E-state index in [0.29, 0.717) is 12.5 Å². The quantitative estimate of drug-likeness (QED) is 0.471. The number of carbonyl (C=O) groups is 1. The van der Waals surface area contributed by atoms with Crippen molar-refractivity contribution in [2.45, 2.75) is 49.8 Å². The molecule has 1 aliphatic rings. The number of carbonyl (C=O) groups excluding carboxylic acids is 1. The normalized spacial score (nSPS) is 17.6. The average molecular weight is 295 g/mol. The third-order valence-electron chi connectivity index (χ3n) is 3.34. The molecule has 1 saturated carbocycles. The lowest BCUT2D eigenvalue weighted by Gasteiger charge is -2.27. The number of aryl methyl sites for hydroxylation is 1. The van der Waals surface area contributed by atoms with E-state index in [1.165, 1.54) is 7.11 Å². The van der Waals surface area contributed by atoms with Crippen LogP contribution in [0.15, 0.2) is 17.4 Å². The molecule has 110 valence electrons. The summed E-state index contributed by atoms with van der Waals surface area (Å²) < 4.78 is 4.92. The van der Waals surface area contributed by atoms with Crippen molar-refractivity contribution in [2.24, 2.45) is 0 Å². The topological polar surface area (TPSA) is 64.1 Å². The van der Waals surface area contributed by atoms with Gasteiger partial charge in [0, 0.05) is 23.7 Å². The number of rotatable bonds is 7. The first-order chi connectivity index (χ1) is 9.53. The molecule has 0 amide bonds. The molecule has 0 saturated heterocycles. The number of hydrogen-bond donors (Lipinski definition) is 1. The fraction of sp³-hybridized carbons (Fsp3) is 0.643. The van der Waals surface area contributed by atoms with Gasteiger partial charge in [-0.25, -0.2) is 9.97 Å². The lowest BCUT2D eigenvalue weighted by Crippen LogP contribution is -2.51. The molecule has 1 N–H and O–H groups in total. The standard InChI is InChI=1S/C14H21N3O2S/c1-10-6-8-15-13(16-10)20-9-7-14(2,12(18)19-3)17-11-4-5-11/h6,8,11,17H,4-5,7,9H2,1-3H3. The molecule has 1 atom stereocenters. The van der Waals surface area contributed by atoms with Gasteiger partial charge in [-0.3, -0.25) is 10.1 Å². The van der Waals surface area contributed by atoms with Crippen molar-refractivity contribution in [1.82, 2.24) is 15.3 Å². The minimum Gasteiger partial charge on any atom is -0.468 e. The predicted octanol–water partition coefficient (Wildman–Crippen LogP) is 1.95. The van der Waals surface area contributed by atoms with Gasteiger partial charge >= 0.3 is 5.97 Å². The van der Waals surface area contributed by atoms with E-state index in [4.69, 9.17) is 4.74 Å². The van der Waals surface area contributed by atoms with Crippen molar-refractivity contribution in [3.63, 3.8) is 0 Å². The monoisotopic (exact) mass is 295 g/mol. The van der Waals surface area contributed by atoms with E-state index in [1.54, 1.807) is 18.0 Å². The molecule has 20 heavy (non-hydrogen) atoms. The van der Waals surface area contributed by atoms with Gasteiger partial charge in [0.15, 0.2) is 5.16 Å². The molecule has 0 radical (unpaired) electrons. The van der Waals surface area contributed by atoms with Crippen LogP contribution in [-0.2, 0) is 9.53 Å². The van der Waals surface area contributed by atoms with Crippen LogP contribution in [0.25, 0.3) is 0 Å². The fourth-order valence-corrected chi connectivity index (χ4v) is 3.02. The molecule has 0 aliphatic heterocycles. The predicted molar refractivity (Wildman–Crippen MR) is 78.7 cm³/mol. The molecule has 1 aromatic rings. The van der Waals surface area contributed by atoms with Gasteiger partial charge in [-0.05, 0) is 39.2 Å². The van der Waals surface area contributed by atoms with E-state index in [1.807, 2.05) is 19.9 Å². The second kappa shape index (κ2) is 6.54. The number of hydrogen-bond acceptors (Lipinski definition) is 6. The van der Waals surface area contributed by atoms with Crippen molar-refractivity contribution < 1.29 is 9.53 Å². The van der Waals surface area contributed by atoms with Gasteiger partial charge in [0.25, 0.3) is 0 Å². The number of ether oxygens (including phenoxy) is 1. The number of aromatic nitrogens is 2. The highest BCUT2D eigenvalue weighted by Crippen LogP contribution is 2.26. The Labute approximate surface area is 123 Å². The minimum absolute atomic E-state index is 0.199. The third kappa shape index (κ3) is 4.18. The Morgan fingerprint density at radius 2 is 2.35 bits per heavy atom. The maximum Gasteiger partial charge on any atom is 0.325 e. The van der Waals surface area contributed by atoms with Crippen molar-refractivity contribution in [3.8, 4) is 0 Å². The zero-order valence-corrected chi connectivity index (χ0v) is 13.0. The molecule has 0 spiro atoms. The number of nitrogens with one attached hydrogen (secondary N) is 1. The third-order valence-corrected chi connectivity index (χ3v) is 4.21. The van der Waals surface area contributed by atoms with Gasteiger partial charge in [0.2, 0.25) is 0 Å². The Balaban J connectivity index is 1.89. The molecule has 1 aliphatic carbocycles. The van der Waals surface area contributed by atoms with Gasteiger partial charge in [-0.1, -0.05) is 11.8 Å². The van der Waals surface area contributed by atoms with Gasteiger partial charge in [0.1, 0.15) is 5.54 Å². The summed E-state index contributed by atoms with van der Waals surface area (Å²) in [7, 11) is 1.44. The fourth-order valence-electron chi connectivity index (χ4n) is 1.98. The Morgan fingerprint density at radius 3 is 2.95 bits per heavy atom. The summed E-state index contributed by atoms with van der Waals surface area (Å²) in [6.45, 7) is 3.85. The highest BCUT2D eigenvalue weighted by molar-refractivity contribution is 7.99. The highest BCUT2D eigenvalue weighted by atomic mass is 32.2. The summed E-state index contributed by atoms with van der Waals surface area (Å²) in [6, 6.07) is 2.33. The van der Waals surface area contributed by atoms with Crippen LogP contribution in [0.4, 0.5) is 0 Å².